The molecule has 1 aliphatic heterocycles. The molecular formula is C15H10BrNO3S. The highest BCUT2D eigenvalue weighted by atomic mass is 79.9. The highest BCUT2D eigenvalue weighted by molar-refractivity contribution is 9.11. The van der Waals surface area contributed by atoms with Crippen LogP contribution in [0.15, 0.2) is 50.9 Å². The SMILES string of the molecule is COc1cccc(C2=N/C(=C\c3ccc(Br)s3)C(=O)O2)c1. The molecule has 6 heteroatoms. The molecular weight excluding hydrogens is 354 g/mol. The molecule has 2 heterocycles. The van der Waals surface area contributed by atoms with Crippen LogP contribution >= 0.6 is 27.3 Å². The van der Waals surface area contributed by atoms with Gasteiger partial charge in [-0.1, -0.05) is 6.07 Å². The van der Waals surface area contributed by atoms with Gasteiger partial charge in [0.05, 0.1) is 10.9 Å². The van der Waals surface area contributed by atoms with Crippen LogP contribution in [-0.4, -0.2) is 19.0 Å². The van der Waals surface area contributed by atoms with E-state index in [1.54, 1.807) is 19.3 Å². The molecule has 0 radical (unpaired) electrons. The average molecular weight is 364 g/mol. The molecule has 0 saturated carbocycles. The van der Waals surface area contributed by atoms with Crippen molar-refractivity contribution in [1.29, 1.82) is 0 Å². The van der Waals surface area contributed by atoms with Crippen molar-refractivity contribution < 1.29 is 14.3 Å². The monoisotopic (exact) mass is 363 g/mol. The number of esters is 1. The average Bonchev–Trinajstić information content (AvgIpc) is 3.06. The van der Waals surface area contributed by atoms with Gasteiger partial charge in [-0.05, 0) is 52.3 Å². The molecule has 1 aromatic carbocycles. The highest BCUT2D eigenvalue weighted by Crippen LogP contribution is 2.26. The number of rotatable bonds is 3. The zero-order valence-electron chi connectivity index (χ0n) is 11.0. The standard InChI is InChI=1S/C15H10BrNO3S/c1-19-10-4-2-3-9(7-10)14-17-12(15(18)20-14)8-11-5-6-13(16)21-11/h2-8H,1H3/b12-8-. The van der Waals surface area contributed by atoms with Gasteiger partial charge in [0.2, 0.25) is 5.90 Å². The minimum absolute atomic E-state index is 0.292. The zero-order valence-corrected chi connectivity index (χ0v) is 13.4. The van der Waals surface area contributed by atoms with Crippen LogP contribution in [-0.2, 0) is 9.53 Å². The minimum atomic E-state index is -0.447. The van der Waals surface area contributed by atoms with Crippen molar-refractivity contribution in [3.63, 3.8) is 0 Å². The van der Waals surface area contributed by atoms with E-state index in [4.69, 9.17) is 9.47 Å². The lowest BCUT2D eigenvalue weighted by Crippen LogP contribution is -2.05. The van der Waals surface area contributed by atoms with E-state index < -0.39 is 5.97 Å². The van der Waals surface area contributed by atoms with Gasteiger partial charge in [-0.25, -0.2) is 9.79 Å². The summed E-state index contributed by atoms with van der Waals surface area (Å²) in [7, 11) is 1.58. The van der Waals surface area contributed by atoms with E-state index in [1.807, 2.05) is 30.3 Å². The number of hydrogen-bond acceptors (Lipinski definition) is 5. The Morgan fingerprint density at radius 3 is 2.90 bits per heavy atom. The Morgan fingerprint density at radius 2 is 2.19 bits per heavy atom. The normalized spacial score (nSPS) is 16.0. The predicted octanol–water partition coefficient (Wildman–Crippen LogP) is 3.86. The van der Waals surface area contributed by atoms with E-state index in [1.165, 1.54) is 11.3 Å². The van der Waals surface area contributed by atoms with Crippen molar-refractivity contribution in [2.24, 2.45) is 4.99 Å². The Balaban J connectivity index is 1.93. The van der Waals surface area contributed by atoms with Crippen LogP contribution in [0, 0.1) is 0 Å². The van der Waals surface area contributed by atoms with Gasteiger partial charge < -0.3 is 9.47 Å². The molecule has 0 N–H and O–H groups in total. The quantitative estimate of drug-likeness (QED) is 0.614. The van der Waals surface area contributed by atoms with Crippen LogP contribution in [0.4, 0.5) is 0 Å². The maximum Gasteiger partial charge on any atom is 0.363 e. The van der Waals surface area contributed by atoms with Crippen molar-refractivity contribution in [3.05, 3.63) is 56.3 Å². The van der Waals surface area contributed by atoms with Gasteiger partial charge in [0, 0.05) is 10.4 Å². The first-order valence-electron chi connectivity index (χ1n) is 6.08. The van der Waals surface area contributed by atoms with Gasteiger partial charge in [-0.3, -0.25) is 0 Å². The molecule has 0 unspecified atom stereocenters. The Morgan fingerprint density at radius 1 is 1.33 bits per heavy atom. The number of hydrogen-bond donors (Lipinski definition) is 0. The lowest BCUT2D eigenvalue weighted by Gasteiger charge is -2.02. The third-order valence-electron chi connectivity index (χ3n) is 2.81. The van der Waals surface area contributed by atoms with Crippen LogP contribution in [0.2, 0.25) is 0 Å². The third kappa shape index (κ3) is 3.06. The molecule has 0 spiro atoms. The highest BCUT2D eigenvalue weighted by Gasteiger charge is 2.24. The van der Waals surface area contributed by atoms with Gasteiger partial charge >= 0.3 is 5.97 Å². The number of benzene rings is 1. The number of cyclic esters (lactones) is 1. The van der Waals surface area contributed by atoms with Crippen LogP contribution in [0.3, 0.4) is 0 Å². The van der Waals surface area contributed by atoms with E-state index in [-0.39, 0.29) is 0 Å². The second-order valence-electron chi connectivity index (χ2n) is 4.21. The molecule has 0 fully saturated rings. The summed E-state index contributed by atoms with van der Waals surface area (Å²) in [4.78, 5) is 17.1. The minimum Gasteiger partial charge on any atom is -0.497 e. The van der Waals surface area contributed by atoms with E-state index in [2.05, 4.69) is 20.9 Å². The second kappa shape index (κ2) is 5.83. The predicted molar refractivity (Wildman–Crippen MR) is 85.6 cm³/mol. The smallest absolute Gasteiger partial charge is 0.363 e. The summed E-state index contributed by atoms with van der Waals surface area (Å²) in [6, 6.07) is 11.1. The number of halogens is 1. The first-order chi connectivity index (χ1) is 10.2. The van der Waals surface area contributed by atoms with E-state index >= 15 is 0 Å². The van der Waals surface area contributed by atoms with Crippen LogP contribution in [0.5, 0.6) is 5.75 Å². The fraction of sp³-hybridized carbons (Fsp3) is 0.0667. The molecule has 4 nitrogen and oxygen atoms in total. The number of aliphatic imine (C=N–C) groups is 1. The summed E-state index contributed by atoms with van der Waals surface area (Å²) in [6.45, 7) is 0. The summed E-state index contributed by atoms with van der Waals surface area (Å²) in [5, 5.41) is 0. The summed E-state index contributed by atoms with van der Waals surface area (Å²) in [5.74, 6) is 0.531. The van der Waals surface area contributed by atoms with E-state index in [9.17, 15) is 4.79 Å². The number of carbonyl (C=O) groups is 1. The van der Waals surface area contributed by atoms with Crippen molar-refractivity contribution in [1.82, 2.24) is 0 Å². The van der Waals surface area contributed by atoms with Crippen molar-refractivity contribution in [2.75, 3.05) is 7.11 Å². The number of carbonyl (C=O) groups excluding carboxylic acids is 1. The summed E-state index contributed by atoms with van der Waals surface area (Å²) >= 11 is 4.91. The maximum atomic E-state index is 11.9. The molecule has 0 aliphatic carbocycles. The molecule has 1 aromatic heterocycles. The Bertz CT molecular complexity index is 764. The summed E-state index contributed by atoms with van der Waals surface area (Å²) in [6.07, 6.45) is 1.71. The lowest BCUT2D eigenvalue weighted by molar-refractivity contribution is -0.129. The summed E-state index contributed by atoms with van der Waals surface area (Å²) in [5.41, 5.74) is 1.00. The number of thiophene rings is 1. The molecule has 0 bridgehead atoms. The first kappa shape index (κ1) is 14.0. The molecule has 0 amide bonds. The van der Waals surface area contributed by atoms with E-state index in [0.29, 0.717) is 22.9 Å². The van der Waals surface area contributed by atoms with Gasteiger partial charge in [0.25, 0.3) is 0 Å². The van der Waals surface area contributed by atoms with Crippen LogP contribution in [0.25, 0.3) is 6.08 Å². The van der Waals surface area contributed by atoms with Crippen molar-refractivity contribution in [2.45, 2.75) is 0 Å². The molecule has 0 saturated heterocycles. The summed E-state index contributed by atoms with van der Waals surface area (Å²) < 4.78 is 11.4. The molecule has 3 rings (SSSR count). The largest absolute Gasteiger partial charge is 0.497 e. The van der Waals surface area contributed by atoms with Gasteiger partial charge in [-0.2, -0.15) is 0 Å². The molecule has 2 aromatic rings. The number of nitrogens with zero attached hydrogens (tertiary/aromatic N) is 1. The Labute approximate surface area is 133 Å². The number of ether oxygens (including phenoxy) is 2. The Hall–Kier alpha value is -1.92. The zero-order chi connectivity index (χ0) is 14.8. The third-order valence-corrected chi connectivity index (χ3v) is 4.38. The van der Waals surface area contributed by atoms with Gasteiger partial charge in [0.15, 0.2) is 5.70 Å². The van der Waals surface area contributed by atoms with Gasteiger partial charge in [0.1, 0.15) is 5.75 Å². The molecule has 106 valence electrons. The van der Waals surface area contributed by atoms with Crippen molar-refractivity contribution >= 4 is 45.2 Å². The maximum absolute atomic E-state index is 11.9. The number of methoxy groups -OCH3 is 1. The fourth-order valence-electron chi connectivity index (χ4n) is 1.83. The van der Waals surface area contributed by atoms with E-state index in [0.717, 1.165) is 8.66 Å². The molecule has 0 atom stereocenters. The molecule has 1 aliphatic rings. The molecule has 21 heavy (non-hydrogen) atoms. The second-order valence-corrected chi connectivity index (χ2v) is 6.70. The Kier molecular flexibility index (Phi) is 3.90. The van der Waals surface area contributed by atoms with Crippen LogP contribution in [0.1, 0.15) is 10.4 Å². The topological polar surface area (TPSA) is 47.9 Å². The van der Waals surface area contributed by atoms with Crippen LogP contribution < -0.4 is 4.74 Å². The van der Waals surface area contributed by atoms with Crippen molar-refractivity contribution in [3.8, 4) is 5.75 Å². The first-order valence-corrected chi connectivity index (χ1v) is 7.69. The lowest BCUT2D eigenvalue weighted by atomic mass is 10.2. The van der Waals surface area contributed by atoms with Gasteiger partial charge in [-0.15, -0.1) is 11.3 Å². The fourth-order valence-corrected chi connectivity index (χ4v) is 3.19.